The van der Waals surface area contributed by atoms with Crippen molar-refractivity contribution in [1.82, 2.24) is 10.2 Å². The number of rotatable bonds is 5. The van der Waals surface area contributed by atoms with E-state index in [0.29, 0.717) is 11.3 Å². The lowest BCUT2D eigenvalue weighted by atomic mass is 9.95. The third-order valence-corrected chi connectivity index (χ3v) is 4.61. The van der Waals surface area contributed by atoms with Crippen LogP contribution in [0, 0.1) is 0 Å². The van der Waals surface area contributed by atoms with Gasteiger partial charge in [-0.3, -0.25) is 4.79 Å². The summed E-state index contributed by atoms with van der Waals surface area (Å²) in [6.07, 6.45) is 4.90. The molecule has 4 N–H and O–H groups in total. The van der Waals surface area contributed by atoms with Crippen molar-refractivity contribution in [2.45, 2.75) is 31.2 Å². The normalized spacial score (nSPS) is 17.0. The van der Waals surface area contributed by atoms with Crippen LogP contribution in [0.2, 0.25) is 0 Å². The summed E-state index contributed by atoms with van der Waals surface area (Å²) in [5.41, 5.74) is 8.14. The Labute approximate surface area is 126 Å². The molecule has 1 aromatic carbocycles. The second-order valence-corrected chi connectivity index (χ2v) is 6.06. The number of nitrogen functional groups attached to an aromatic ring is 1. The van der Waals surface area contributed by atoms with E-state index in [4.69, 9.17) is 5.73 Å². The third kappa shape index (κ3) is 3.29. The van der Waals surface area contributed by atoms with Gasteiger partial charge >= 0.3 is 0 Å². The minimum atomic E-state index is -0.0946. The number of amides is 1. The van der Waals surface area contributed by atoms with Gasteiger partial charge in [-0.2, -0.15) is 0 Å². The molecule has 2 rings (SSSR count). The summed E-state index contributed by atoms with van der Waals surface area (Å²) in [6.45, 7) is 0.827. The molecule has 0 aromatic heterocycles. The van der Waals surface area contributed by atoms with Crippen molar-refractivity contribution in [3.63, 3.8) is 0 Å². The molecular formula is C16H26N4O. The minimum absolute atomic E-state index is 0.0946. The lowest BCUT2D eigenvalue weighted by Gasteiger charge is -2.37. The third-order valence-electron chi connectivity index (χ3n) is 4.61. The second kappa shape index (κ2) is 6.35. The molecular weight excluding hydrogens is 264 g/mol. The van der Waals surface area contributed by atoms with Crippen molar-refractivity contribution in [3.8, 4) is 0 Å². The molecule has 21 heavy (non-hydrogen) atoms. The fourth-order valence-electron chi connectivity index (χ4n) is 3.12. The number of nitrogens with two attached hydrogens (primary N) is 1. The van der Waals surface area contributed by atoms with E-state index in [1.807, 2.05) is 6.07 Å². The molecule has 5 heteroatoms. The van der Waals surface area contributed by atoms with Crippen LogP contribution in [0.3, 0.4) is 0 Å². The zero-order chi connectivity index (χ0) is 15.5. The Morgan fingerprint density at radius 1 is 1.33 bits per heavy atom. The van der Waals surface area contributed by atoms with Gasteiger partial charge in [-0.1, -0.05) is 12.8 Å². The molecule has 116 valence electrons. The molecule has 0 radical (unpaired) electrons. The lowest BCUT2D eigenvalue weighted by molar-refractivity contribution is 0.0963. The van der Waals surface area contributed by atoms with Gasteiger partial charge < -0.3 is 21.3 Å². The number of nitrogens with zero attached hydrogens (tertiary/aromatic N) is 1. The van der Waals surface area contributed by atoms with Crippen molar-refractivity contribution in [2.24, 2.45) is 0 Å². The number of anilines is 2. The summed E-state index contributed by atoms with van der Waals surface area (Å²) in [5.74, 6) is -0.0946. The first-order valence-electron chi connectivity index (χ1n) is 7.51. The standard InChI is InChI=1S/C16H26N4O/c1-18-15(21)13-7-6-12(17)10-14(13)19-11-16(20(2)3)8-4-5-9-16/h6-7,10,19H,4-5,8-9,11,17H2,1-3H3,(H,18,21). The molecule has 1 amide bonds. The van der Waals surface area contributed by atoms with Gasteiger partial charge in [0.25, 0.3) is 5.91 Å². The Morgan fingerprint density at radius 3 is 2.57 bits per heavy atom. The number of carbonyl (C=O) groups excluding carboxylic acids is 1. The number of carbonyl (C=O) groups is 1. The largest absolute Gasteiger partial charge is 0.399 e. The van der Waals surface area contributed by atoms with E-state index in [9.17, 15) is 4.79 Å². The summed E-state index contributed by atoms with van der Waals surface area (Å²) in [5, 5.41) is 6.12. The molecule has 0 heterocycles. The minimum Gasteiger partial charge on any atom is -0.399 e. The van der Waals surface area contributed by atoms with Crippen molar-refractivity contribution in [1.29, 1.82) is 0 Å². The van der Waals surface area contributed by atoms with Crippen molar-refractivity contribution in [3.05, 3.63) is 23.8 Å². The fourth-order valence-corrected chi connectivity index (χ4v) is 3.12. The first-order chi connectivity index (χ1) is 9.98. The Hall–Kier alpha value is -1.75. The monoisotopic (exact) mass is 290 g/mol. The van der Waals surface area contributed by atoms with E-state index in [0.717, 1.165) is 12.2 Å². The van der Waals surface area contributed by atoms with Gasteiger partial charge in [0.1, 0.15) is 0 Å². The number of likely N-dealkylation sites (N-methyl/N-ethyl adjacent to an activating group) is 1. The average molecular weight is 290 g/mol. The Balaban J connectivity index is 2.19. The van der Waals surface area contributed by atoms with Crippen LogP contribution in [0.5, 0.6) is 0 Å². The van der Waals surface area contributed by atoms with E-state index in [-0.39, 0.29) is 11.4 Å². The van der Waals surface area contributed by atoms with Crippen LogP contribution in [-0.4, -0.2) is 44.0 Å². The highest BCUT2D eigenvalue weighted by Crippen LogP contribution is 2.34. The molecule has 0 spiro atoms. The molecule has 5 nitrogen and oxygen atoms in total. The summed E-state index contributed by atoms with van der Waals surface area (Å²) in [6, 6.07) is 5.36. The second-order valence-electron chi connectivity index (χ2n) is 6.06. The molecule has 1 aliphatic rings. The molecule has 0 atom stereocenters. The summed E-state index contributed by atoms with van der Waals surface area (Å²) in [7, 11) is 5.90. The number of nitrogens with one attached hydrogen (secondary N) is 2. The van der Waals surface area contributed by atoms with E-state index in [1.54, 1.807) is 19.2 Å². The highest BCUT2D eigenvalue weighted by molar-refractivity contribution is 6.00. The molecule has 1 fully saturated rings. The summed E-state index contributed by atoms with van der Waals surface area (Å²) in [4.78, 5) is 14.3. The maximum Gasteiger partial charge on any atom is 0.253 e. The fraction of sp³-hybridized carbons (Fsp3) is 0.562. The van der Waals surface area contributed by atoms with Gasteiger partial charge in [0.2, 0.25) is 0 Å². The molecule has 1 saturated carbocycles. The average Bonchev–Trinajstić information content (AvgIpc) is 2.94. The van der Waals surface area contributed by atoms with E-state index < -0.39 is 0 Å². The first kappa shape index (κ1) is 15.6. The van der Waals surface area contributed by atoms with Crippen LogP contribution in [0.25, 0.3) is 0 Å². The molecule has 0 unspecified atom stereocenters. The van der Waals surface area contributed by atoms with Crippen molar-refractivity contribution >= 4 is 17.3 Å². The van der Waals surface area contributed by atoms with Crippen LogP contribution in [0.1, 0.15) is 36.0 Å². The van der Waals surface area contributed by atoms with E-state index >= 15 is 0 Å². The molecule has 1 aliphatic carbocycles. The highest BCUT2D eigenvalue weighted by Gasteiger charge is 2.35. The number of benzene rings is 1. The topological polar surface area (TPSA) is 70.4 Å². The molecule has 1 aromatic rings. The van der Waals surface area contributed by atoms with Crippen LogP contribution >= 0.6 is 0 Å². The lowest BCUT2D eigenvalue weighted by Crippen LogP contribution is -2.47. The maximum absolute atomic E-state index is 12.0. The Bertz CT molecular complexity index is 507. The van der Waals surface area contributed by atoms with E-state index in [2.05, 4.69) is 29.6 Å². The van der Waals surface area contributed by atoms with Gasteiger partial charge in [-0.05, 0) is 45.1 Å². The SMILES string of the molecule is CNC(=O)c1ccc(N)cc1NCC1(N(C)C)CCCC1. The summed E-state index contributed by atoms with van der Waals surface area (Å²) >= 11 is 0. The summed E-state index contributed by atoms with van der Waals surface area (Å²) < 4.78 is 0. The molecule has 0 bridgehead atoms. The van der Waals surface area contributed by atoms with Crippen LogP contribution in [0.15, 0.2) is 18.2 Å². The Morgan fingerprint density at radius 2 is 2.00 bits per heavy atom. The predicted molar refractivity (Wildman–Crippen MR) is 87.6 cm³/mol. The van der Waals surface area contributed by atoms with Crippen molar-refractivity contribution in [2.75, 3.05) is 38.7 Å². The van der Waals surface area contributed by atoms with E-state index in [1.165, 1.54) is 25.7 Å². The van der Waals surface area contributed by atoms with Crippen LogP contribution in [0.4, 0.5) is 11.4 Å². The van der Waals surface area contributed by atoms with Crippen LogP contribution in [-0.2, 0) is 0 Å². The van der Waals surface area contributed by atoms with Crippen molar-refractivity contribution < 1.29 is 4.79 Å². The Kier molecular flexibility index (Phi) is 4.73. The quantitative estimate of drug-likeness (QED) is 0.725. The molecule has 0 aliphatic heterocycles. The van der Waals surface area contributed by atoms with Crippen LogP contribution < -0.4 is 16.4 Å². The zero-order valence-electron chi connectivity index (χ0n) is 13.2. The molecule has 0 saturated heterocycles. The zero-order valence-corrected chi connectivity index (χ0v) is 13.2. The van der Waals surface area contributed by atoms with Gasteiger partial charge in [0, 0.05) is 30.5 Å². The van der Waals surface area contributed by atoms with Gasteiger partial charge in [-0.15, -0.1) is 0 Å². The van der Waals surface area contributed by atoms with Gasteiger partial charge in [0.05, 0.1) is 5.56 Å². The van der Waals surface area contributed by atoms with Gasteiger partial charge in [-0.25, -0.2) is 0 Å². The number of hydrogen-bond donors (Lipinski definition) is 3. The number of hydrogen-bond acceptors (Lipinski definition) is 4. The first-order valence-corrected chi connectivity index (χ1v) is 7.51. The highest BCUT2D eigenvalue weighted by atomic mass is 16.1. The smallest absolute Gasteiger partial charge is 0.253 e. The predicted octanol–water partition coefficient (Wildman–Crippen LogP) is 1.91. The maximum atomic E-state index is 12.0. The van der Waals surface area contributed by atoms with Gasteiger partial charge in [0.15, 0.2) is 0 Å².